The Bertz CT molecular complexity index is 272. The van der Waals surface area contributed by atoms with E-state index in [1.165, 1.54) is 32.4 Å². The minimum atomic E-state index is -0.166. The van der Waals surface area contributed by atoms with Crippen LogP contribution < -0.4 is 10.6 Å². The molecule has 0 unspecified atom stereocenters. The fourth-order valence-electron chi connectivity index (χ4n) is 2.97. The van der Waals surface area contributed by atoms with Gasteiger partial charge in [-0.1, -0.05) is 6.42 Å². The summed E-state index contributed by atoms with van der Waals surface area (Å²) in [5.74, 6) is 0. The number of hydrogen-bond donors (Lipinski definition) is 3. The third-order valence-electron chi connectivity index (χ3n) is 4.19. The third-order valence-corrected chi connectivity index (χ3v) is 4.19. The summed E-state index contributed by atoms with van der Waals surface area (Å²) in [5, 5.41) is 15.3. The molecule has 0 aromatic carbocycles. The number of aliphatic hydroxyl groups is 1. The maximum absolute atomic E-state index is 11.7. The SMILES string of the molecule is O=C(NCCN1CCCCC1)NC1CCC(O)CC1. The minimum absolute atomic E-state index is 0.0570. The summed E-state index contributed by atoms with van der Waals surface area (Å²) in [6.07, 6.45) is 7.14. The smallest absolute Gasteiger partial charge is 0.315 e. The van der Waals surface area contributed by atoms with Gasteiger partial charge in [0.15, 0.2) is 0 Å². The summed E-state index contributed by atoms with van der Waals surface area (Å²) < 4.78 is 0. The van der Waals surface area contributed by atoms with Crippen LogP contribution in [0, 0.1) is 0 Å². The highest BCUT2D eigenvalue weighted by molar-refractivity contribution is 5.74. The van der Waals surface area contributed by atoms with Crippen molar-refractivity contribution in [2.75, 3.05) is 26.2 Å². The van der Waals surface area contributed by atoms with E-state index in [0.29, 0.717) is 0 Å². The van der Waals surface area contributed by atoms with E-state index in [1.54, 1.807) is 0 Å². The number of urea groups is 1. The number of rotatable bonds is 4. The molecule has 5 heteroatoms. The van der Waals surface area contributed by atoms with Crippen molar-refractivity contribution in [2.45, 2.75) is 57.1 Å². The molecule has 1 saturated heterocycles. The molecule has 0 bridgehead atoms. The van der Waals surface area contributed by atoms with Crippen LogP contribution in [0.1, 0.15) is 44.9 Å². The lowest BCUT2D eigenvalue weighted by Crippen LogP contribution is -2.46. The molecule has 0 radical (unpaired) electrons. The molecule has 3 N–H and O–H groups in total. The molecule has 2 amide bonds. The second-order valence-electron chi connectivity index (χ2n) is 5.81. The van der Waals surface area contributed by atoms with E-state index in [2.05, 4.69) is 15.5 Å². The average Bonchev–Trinajstić information content (AvgIpc) is 2.43. The van der Waals surface area contributed by atoms with Gasteiger partial charge in [0, 0.05) is 19.1 Å². The maximum Gasteiger partial charge on any atom is 0.315 e. The Hall–Kier alpha value is -0.810. The summed E-state index contributed by atoms with van der Waals surface area (Å²) in [6.45, 7) is 4.02. The van der Waals surface area contributed by atoms with Gasteiger partial charge in [-0.15, -0.1) is 0 Å². The molecule has 1 aliphatic heterocycles. The lowest BCUT2D eigenvalue weighted by Gasteiger charge is -2.28. The summed E-state index contributed by atoms with van der Waals surface area (Å²) in [5.41, 5.74) is 0. The number of hydrogen-bond acceptors (Lipinski definition) is 3. The lowest BCUT2D eigenvalue weighted by molar-refractivity contribution is 0.117. The van der Waals surface area contributed by atoms with E-state index in [4.69, 9.17) is 0 Å². The maximum atomic E-state index is 11.7. The first kappa shape index (κ1) is 14.6. The van der Waals surface area contributed by atoms with Gasteiger partial charge in [0.25, 0.3) is 0 Å². The van der Waals surface area contributed by atoms with Crippen LogP contribution in [0.3, 0.4) is 0 Å². The second kappa shape index (κ2) is 7.70. The number of carbonyl (C=O) groups excluding carboxylic acids is 1. The van der Waals surface area contributed by atoms with Crippen molar-refractivity contribution in [3.63, 3.8) is 0 Å². The summed E-state index contributed by atoms with van der Waals surface area (Å²) in [4.78, 5) is 14.1. The number of amides is 2. The van der Waals surface area contributed by atoms with E-state index >= 15 is 0 Å². The van der Waals surface area contributed by atoms with Gasteiger partial charge in [0.05, 0.1) is 6.10 Å². The van der Waals surface area contributed by atoms with Crippen LogP contribution in [0.5, 0.6) is 0 Å². The van der Waals surface area contributed by atoms with Crippen LogP contribution in [-0.4, -0.2) is 54.4 Å². The first-order chi connectivity index (χ1) is 9.24. The molecule has 1 heterocycles. The molecule has 19 heavy (non-hydrogen) atoms. The number of nitrogens with one attached hydrogen (secondary N) is 2. The Morgan fingerprint density at radius 3 is 2.47 bits per heavy atom. The van der Waals surface area contributed by atoms with Crippen LogP contribution >= 0.6 is 0 Å². The van der Waals surface area contributed by atoms with Crippen molar-refractivity contribution in [2.24, 2.45) is 0 Å². The van der Waals surface area contributed by atoms with Crippen LogP contribution in [0.15, 0.2) is 0 Å². The lowest BCUT2D eigenvalue weighted by atomic mass is 9.93. The van der Waals surface area contributed by atoms with Crippen LogP contribution in [-0.2, 0) is 0 Å². The van der Waals surface area contributed by atoms with Crippen molar-refractivity contribution >= 4 is 6.03 Å². The largest absolute Gasteiger partial charge is 0.393 e. The fourth-order valence-corrected chi connectivity index (χ4v) is 2.97. The Morgan fingerprint density at radius 2 is 1.79 bits per heavy atom. The Morgan fingerprint density at radius 1 is 1.11 bits per heavy atom. The van der Waals surface area contributed by atoms with Gasteiger partial charge in [-0.3, -0.25) is 0 Å². The van der Waals surface area contributed by atoms with Crippen molar-refractivity contribution in [1.82, 2.24) is 15.5 Å². The molecule has 2 rings (SSSR count). The molecule has 0 aromatic heterocycles. The molecule has 0 aromatic rings. The van der Waals surface area contributed by atoms with E-state index < -0.39 is 0 Å². The van der Waals surface area contributed by atoms with Crippen molar-refractivity contribution in [3.8, 4) is 0 Å². The summed E-state index contributed by atoms with van der Waals surface area (Å²) in [6, 6.07) is 0.178. The number of carbonyl (C=O) groups is 1. The highest BCUT2D eigenvalue weighted by Crippen LogP contribution is 2.18. The number of piperidine rings is 1. The van der Waals surface area contributed by atoms with Gasteiger partial charge in [-0.05, 0) is 51.6 Å². The predicted molar refractivity (Wildman–Crippen MR) is 75.1 cm³/mol. The van der Waals surface area contributed by atoms with Crippen molar-refractivity contribution in [3.05, 3.63) is 0 Å². The van der Waals surface area contributed by atoms with E-state index in [0.717, 1.165) is 38.8 Å². The molecule has 1 saturated carbocycles. The average molecular weight is 269 g/mol. The Labute approximate surface area is 115 Å². The van der Waals surface area contributed by atoms with Crippen LogP contribution in [0.25, 0.3) is 0 Å². The van der Waals surface area contributed by atoms with E-state index in [-0.39, 0.29) is 18.2 Å². The van der Waals surface area contributed by atoms with E-state index in [9.17, 15) is 9.90 Å². The molecule has 2 aliphatic rings. The van der Waals surface area contributed by atoms with Gasteiger partial charge in [-0.2, -0.15) is 0 Å². The Balaban J connectivity index is 1.54. The predicted octanol–water partition coefficient (Wildman–Crippen LogP) is 1.07. The summed E-state index contributed by atoms with van der Waals surface area (Å²) >= 11 is 0. The molecular formula is C14H27N3O2. The molecule has 0 atom stereocenters. The first-order valence-electron chi connectivity index (χ1n) is 7.69. The van der Waals surface area contributed by atoms with Gasteiger partial charge in [-0.25, -0.2) is 4.79 Å². The zero-order chi connectivity index (χ0) is 13.5. The quantitative estimate of drug-likeness (QED) is 0.715. The minimum Gasteiger partial charge on any atom is -0.393 e. The topological polar surface area (TPSA) is 64.6 Å². The normalized spacial score (nSPS) is 28.9. The number of likely N-dealkylation sites (tertiary alicyclic amines) is 1. The first-order valence-corrected chi connectivity index (χ1v) is 7.69. The van der Waals surface area contributed by atoms with Crippen LogP contribution in [0.4, 0.5) is 4.79 Å². The monoisotopic (exact) mass is 269 g/mol. The van der Waals surface area contributed by atoms with Gasteiger partial charge in [0.2, 0.25) is 0 Å². The molecular weight excluding hydrogens is 242 g/mol. The molecule has 110 valence electrons. The van der Waals surface area contributed by atoms with Gasteiger partial charge >= 0.3 is 6.03 Å². The molecule has 5 nitrogen and oxygen atoms in total. The van der Waals surface area contributed by atoms with Crippen LogP contribution in [0.2, 0.25) is 0 Å². The second-order valence-corrected chi connectivity index (χ2v) is 5.81. The van der Waals surface area contributed by atoms with Gasteiger partial charge < -0.3 is 20.6 Å². The van der Waals surface area contributed by atoms with Crippen molar-refractivity contribution in [1.29, 1.82) is 0 Å². The van der Waals surface area contributed by atoms with E-state index in [1.807, 2.05) is 0 Å². The molecule has 2 fully saturated rings. The standard InChI is InChI=1S/C14H27N3O2/c18-13-6-4-12(5-7-13)16-14(19)15-8-11-17-9-2-1-3-10-17/h12-13,18H,1-11H2,(H2,15,16,19). The van der Waals surface area contributed by atoms with Gasteiger partial charge in [0.1, 0.15) is 0 Å². The summed E-state index contributed by atoms with van der Waals surface area (Å²) in [7, 11) is 0. The fraction of sp³-hybridized carbons (Fsp3) is 0.929. The zero-order valence-corrected chi connectivity index (χ0v) is 11.7. The molecule has 1 aliphatic carbocycles. The highest BCUT2D eigenvalue weighted by atomic mass is 16.3. The van der Waals surface area contributed by atoms with Crippen molar-refractivity contribution < 1.29 is 9.90 Å². The number of aliphatic hydroxyl groups excluding tert-OH is 1. The Kier molecular flexibility index (Phi) is 5.92. The number of nitrogens with zero attached hydrogens (tertiary/aromatic N) is 1. The molecule has 0 spiro atoms. The highest BCUT2D eigenvalue weighted by Gasteiger charge is 2.20. The zero-order valence-electron chi connectivity index (χ0n) is 11.7. The third kappa shape index (κ3) is 5.37.